The summed E-state index contributed by atoms with van der Waals surface area (Å²) >= 11 is 1.49. The van der Waals surface area contributed by atoms with E-state index < -0.39 is 24.6 Å². The number of carboxylic acid groups (broad SMARTS) is 1. The van der Waals surface area contributed by atoms with Gasteiger partial charge >= 0.3 is 5.97 Å². The van der Waals surface area contributed by atoms with Crippen LogP contribution in [0.15, 0.2) is 54.6 Å². The monoisotopic (exact) mass is 495 g/mol. The first kappa shape index (κ1) is 24.7. The smallest absolute Gasteiger partial charge is 0.305 e. The van der Waals surface area contributed by atoms with Gasteiger partial charge in [0.1, 0.15) is 5.82 Å². The highest BCUT2D eigenvalue weighted by molar-refractivity contribution is 7.20. The summed E-state index contributed by atoms with van der Waals surface area (Å²) in [5.74, 6) is -1.46. The molecule has 0 fully saturated rings. The van der Waals surface area contributed by atoms with Crippen LogP contribution in [0.5, 0.6) is 0 Å². The molecule has 0 saturated carbocycles. The Balaban J connectivity index is 1.82. The van der Waals surface area contributed by atoms with E-state index in [9.17, 15) is 19.4 Å². The Morgan fingerprint density at radius 2 is 1.86 bits per heavy atom. The lowest BCUT2D eigenvalue weighted by Crippen LogP contribution is -2.19. The number of aliphatic hydroxyl groups is 2. The number of thiazole rings is 1. The number of rotatable bonds is 9. The van der Waals surface area contributed by atoms with Crippen molar-refractivity contribution in [2.45, 2.75) is 44.8 Å². The molecule has 4 rings (SSSR count). The van der Waals surface area contributed by atoms with E-state index >= 15 is 0 Å². The Hall–Kier alpha value is -3.40. The standard InChI is InChI=1S/C26H26FN3O4S/c1-15(2)24-20(12-11-18(31)13-19(32)14-23(33)34)25(16-7-9-17(27)10-8-16)30(29-24)26-28-21-5-3-4-6-22(21)35-26/h3-12,15,18-19,31-32H,13-14H2,1-2H3,(H,33,34)/b12-11+. The van der Waals surface area contributed by atoms with E-state index in [1.165, 1.54) is 29.5 Å². The molecule has 2 unspecified atom stereocenters. The first-order valence-electron chi connectivity index (χ1n) is 11.2. The van der Waals surface area contributed by atoms with E-state index in [0.717, 1.165) is 27.0 Å². The molecule has 9 heteroatoms. The Morgan fingerprint density at radius 1 is 1.14 bits per heavy atom. The average molecular weight is 496 g/mol. The molecule has 4 aromatic rings. The van der Waals surface area contributed by atoms with Gasteiger partial charge in [0.15, 0.2) is 0 Å². The first-order valence-corrected chi connectivity index (χ1v) is 12.1. The van der Waals surface area contributed by atoms with Crippen molar-refractivity contribution >= 4 is 33.6 Å². The summed E-state index contributed by atoms with van der Waals surface area (Å²) < 4.78 is 16.5. The molecule has 0 saturated heterocycles. The topological polar surface area (TPSA) is 108 Å². The van der Waals surface area contributed by atoms with Gasteiger partial charge in [-0.05, 0) is 42.3 Å². The summed E-state index contributed by atoms with van der Waals surface area (Å²) in [4.78, 5) is 15.6. The summed E-state index contributed by atoms with van der Waals surface area (Å²) in [7, 11) is 0. The predicted molar refractivity (Wildman–Crippen MR) is 134 cm³/mol. The zero-order chi connectivity index (χ0) is 25.1. The molecular weight excluding hydrogens is 469 g/mol. The van der Waals surface area contributed by atoms with E-state index in [4.69, 9.17) is 15.2 Å². The highest BCUT2D eigenvalue weighted by Crippen LogP contribution is 2.36. The highest BCUT2D eigenvalue weighted by atomic mass is 32.1. The van der Waals surface area contributed by atoms with Gasteiger partial charge in [-0.25, -0.2) is 14.1 Å². The number of carbonyl (C=O) groups is 1. The number of nitrogens with zero attached hydrogens (tertiary/aromatic N) is 3. The molecule has 182 valence electrons. The molecule has 2 heterocycles. The minimum absolute atomic E-state index is 0.0271. The van der Waals surface area contributed by atoms with Crippen molar-refractivity contribution in [1.29, 1.82) is 0 Å². The minimum atomic E-state index is -1.17. The number of carboxylic acids is 1. The zero-order valence-corrected chi connectivity index (χ0v) is 20.1. The summed E-state index contributed by atoms with van der Waals surface area (Å²) in [5, 5.41) is 34.7. The maximum atomic E-state index is 13.7. The van der Waals surface area contributed by atoms with Crippen molar-refractivity contribution in [1.82, 2.24) is 14.8 Å². The number of aliphatic hydroxyl groups excluding tert-OH is 2. The molecule has 0 aliphatic carbocycles. The number of aliphatic carboxylic acids is 1. The van der Waals surface area contributed by atoms with Crippen LogP contribution in [0.25, 0.3) is 32.7 Å². The van der Waals surface area contributed by atoms with Crippen molar-refractivity contribution in [3.63, 3.8) is 0 Å². The SMILES string of the molecule is CC(C)c1nn(-c2nc3ccccc3s2)c(-c2ccc(F)cc2)c1/C=C/C(O)CC(O)CC(=O)O. The molecule has 3 N–H and O–H groups in total. The third kappa shape index (κ3) is 5.64. The molecule has 0 bridgehead atoms. The Labute approximate surface area is 205 Å². The molecule has 0 radical (unpaired) electrons. The second-order valence-corrected chi connectivity index (χ2v) is 9.61. The van der Waals surface area contributed by atoms with Crippen molar-refractivity contribution in [3.8, 4) is 16.4 Å². The summed E-state index contributed by atoms with van der Waals surface area (Å²) in [6.07, 6.45) is 0.457. The van der Waals surface area contributed by atoms with E-state index in [1.54, 1.807) is 22.9 Å². The number of halogens is 1. The maximum Gasteiger partial charge on any atom is 0.305 e. The molecule has 0 aliphatic rings. The third-order valence-electron chi connectivity index (χ3n) is 5.49. The fourth-order valence-corrected chi connectivity index (χ4v) is 4.79. The molecule has 2 aromatic carbocycles. The summed E-state index contributed by atoms with van der Waals surface area (Å²) in [6, 6.07) is 13.9. The number of hydrogen-bond acceptors (Lipinski definition) is 6. The fourth-order valence-electron chi connectivity index (χ4n) is 3.86. The van der Waals surface area contributed by atoms with Crippen molar-refractivity contribution in [2.24, 2.45) is 0 Å². The first-order chi connectivity index (χ1) is 16.7. The summed E-state index contributed by atoms with van der Waals surface area (Å²) in [5.41, 5.74) is 3.77. The lowest BCUT2D eigenvalue weighted by Gasteiger charge is -2.11. The van der Waals surface area contributed by atoms with Crippen molar-refractivity contribution < 1.29 is 24.5 Å². The molecule has 35 heavy (non-hydrogen) atoms. The van der Waals surface area contributed by atoms with Crippen LogP contribution >= 0.6 is 11.3 Å². The molecule has 0 spiro atoms. The Bertz CT molecular complexity index is 1330. The van der Waals surface area contributed by atoms with Crippen LogP contribution in [0.1, 0.15) is 43.9 Å². The lowest BCUT2D eigenvalue weighted by atomic mass is 9.98. The summed E-state index contributed by atoms with van der Waals surface area (Å²) in [6.45, 7) is 4.01. The minimum Gasteiger partial charge on any atom is -0.481 e. The normalized spacial score (nSPS) is 13.7. The second-order valence-electron chi connectivity index (χ2n) is 8.60. The van der Waals surface area contributed by atoms with Crippen LogP contribution in [0.4, 0.5) is 4.39 Å². The van der Waals surface area contributed by atoms with Gasteiger partial charge in [-0.2, -0.15) is 5.10 Å². The van der Waals surface area contributed by atoms with Gasteiger partial charge in [-0.3, -0.25) is 4.79 Å². The van der Waals surface area contributed by atoms with Crippen molar-refractivity contribution in [3.05, 3.63) is 71.7 Å². The van der Waals surface area contributed by atoms with Gasteiger partial charge in [0.25, 0.3) is 0 Å². The average Bonchev–Trinajstić information content (AvgIpc) is 3.39. The van der Waals surface area contributed by atoms with E-state index in [-0.39, 0.29) is 18.2 Å². The van der Waals surface area contributed by atoms with Crippen molar-refractivity contribution in [2.75, 3.05) is 0 Å². The van der Waals surface area contributed by atoms with Crippen LogP contribution in [0, 0.1) is 5.82 Å². The highest BCUT2D eigenvalue weighted by Gasteiger charge is 2.23. The molecule has 0 aliphatic heterocycles. The van der Waals surface area contributed by atoms with Crippen LogP contribution in [0.2, 0.25) is 0 Å². The van der Waals surface area contributed by atoms with Crippen LogP contribution in [0.3, 0.4) is 0 Å². The van der Waals surface area contributed by atoms with Gasteiger partial charge in [-0.1, -0.05) is 49.5 Å². The van der Waals surface area contributed by atoms with Crippen LogP contribution in [-0.4, -0.2) is 48.3 Å². The number of hydrogen-bond donors (Lipinski definition) is 3. The van der Waals surface area contributed by atoms with Gasteiger partial charge in [0.2, 0.25) is 5.13 Å². The molecule has 2 aromatic heterocycles. The predicted octanol–water partition coefficient (Wildman–Crippen LogP) is 5.01. The molecule has 7 nitrogen and oxygen atoms in total. The molecular formula is C26H26FN3O4S. The maximum absolute atomic E-state index is 13.7. The largest absolute Gasteiger partial charge is 0.481 e. The van der Waals surface area contributed by atoms with Gasteiger partial charge in [0, 0.05) is 17.5 Å². The number of para-hydroxylation sites is 1. The quantitative estimate of drug-likeness (QED) is 0.301. The number of aromatic nitrogens is 3. The van der Waals surface area contributed by atoms with Gasteiger partial charge in [-0.15, -0.1) is 0 Å². The van der Waals surface area contributed by atoms with E-state index in [2.05, 4.69) is 0 Å². The second kappa shape index (κ2) is 10.5. The Kier molecular flexibility index (Phi) is 7.39. The zero-order valence-electron chi connectivity index (χ0n) is 19.3. The van der Waals surface area contributed by atoms with Crippen LogP contribution < -0.4 is 0 Å². The van der Waals surface area contributed by atoms with Gasteiger partial charge < -0.3 is 15.3 Å². The third-order valence-corrected chi connectivity index (χ3v) is 6.50. The van der Waals surface area contributed by atoms with E-state index in [0.29, 0.717) is 10.8 Å². The number of fused-ring (bicyclic) bond motifs is 1. The fraction of sp³-hybridized carbons (Fsp3) is 0.269. The van der Waals surface area contributed by atoms with E-state index in [1.807, 2.05) is 38.1 Å². The van der Waals surface area contributed by atoms with Crippen LogP contribution in [-0.2, 0) is 4.79 Å². The lowest BCUT2D eigenvalue weighted by molar-refractivity contribution is -0.139. The molecule has 2 atom stereocenters. The number of benzene rings is 2. The van der Waals surface area contributed by atoms with Gasteiger partial charge in [0.05, 0.1) is 40.2 Å². The molecule has 0 amide bonds. The Morgan fingerprint density at radius 3 is 2.51 bits per heavy atom.